The quantitative estimate of drug-likeness (QED) is 0.721. The van der Waals surface area contributed by atoms with Gasteiger partial charge < -0.3 is 14.4 Å². The Balaban J connectivity index is 1.61. The molecule has 0 N–H and O–H groups in total. The predicted molar refractivity (Wildman–Crippen MR) is 110 cm³/mol. The minimum absolute atomic E-state index is 0.113. The van der Waals surface area contributed by atoms with Crippen LogP contribution in [0.3, 0.4) is 0 Å². The summed E-state index contributed by atoms with van der Waals surface area (Å²) in [6.45, 7) is 5.98. The van der Waals surface area contributed by atoms with Crippen LogP contribution in [-0.2, 0) is 6.54 Å². The molecular formula is C21H25BrN2O3. The third-order valence-electron chi connectivity index (χ3n) is 4.90. The summed E-state index contributed by atoms with van der Waals surface area (Å²) in [5.74, 6) is 1.55. The average Bonchev–Trinajstić information content (AvgIpc) is 2.69. The van der Waals surface area contributed by atoms with Gasteiger partial charge in [0, 0.05) is 42.8 Å². The van der Waals surface area contributed by atoms with E-state index in [-0.39, 0.29) is 5.91 Å². The Bertz CT molecular complexity index is 800. The molecule has 0 aliphatic carbocycles. The molecule has 1 heterocycles. The Morgan fingerprint density at radius 3 is 2.19 bits per heavy atom. The maximum atomic E-state index is 12.7. The molecule has 2 aromatic carbocycles. The highest BCUT2D eigenvalue weighted by atomic mass is 79.9. The summed E-state index contributed by atoms with van der Waals surface area (Å²) in [6.07, 6.45) is 0. The largest absolute Gasteiger partial charge is 0.493 e. The summed E-state index contributed by atoms with van der Waals surface area (Å²) in [7, 11) is 3.28. The third-order valence-corrected chi connectivity index (χ3v) is 5.64. The molecule has 0 radical (unpaired) electrons. The van der Waals surface area contributed by atoms with E-state index in [1.807, 2.05) is 48.2 Å². The van der Waals surface area contributed by atoms with Gasteiger partial charge in [-0.05, 0) is 36.8 Å². The van der Waals surface area contributed by atoms with Gasteiger partial charge >= 0.3 is 0 Å². The first-order valence-electron chi connectivity index (χ1n) is 9.00. The fourth-order valence-corrected chi connectivity index (χ4v) is 3.69. The van der Waals surface area contributed by atoms with Gasteiger partial charge in [-0.2, -0.15) is 0 Å². The summed E-state index contributed by atoms with van der Waals surface area (Å²) in [5.41, 5.74) is 3.07. The fraction of sp³-hybridized carbons (Fsp3) is 0.381. The summed E-state index contributed by atoms with van der Waals surface area (Å²) in [5, 5.41) is 0. The van der Waals surface area contributed by atoms with Crippen LogP contribution >= 0.6 is 15.9 Å². The molecule has 0 saturated carbocycles. The van der Waals surface area contributed by atoms with E-state index in [0.717, 1.165) is 59.6 Å². The molecule has 1 fully saturated rings. The molecule has 0 unspecified atom stereocenters. The van der Waals surface area contributed by atoms with E-state index in [1.165, 1.54) is 0 Å². The summed E-state index contributed by atoms with van der Waals surface area (Å²) in [6, 6.07) is 11.7. The number of aryl methyl sites for hydroxylation is 1. The zero-order valence-electron chi connectivity index (χ0n) is 16.0. The first kappa shape index (κ1) is 19.7. The van der Waals surface area contributed by atoms with Gasteiger partial charge in [-0.25, -0.2) is 0 Å². The number of halogens is 1. The van der Waals surface area contributed by atoms with Crippen LogP contribution in [0.1, 0.15) is 21.5 Å². The maximum absolute atomic E-state index is 12.7. The number of amides is 1. The molecule has 0 bridgehead atoms. The van der Waals surface area contributed by atoms with Crippen molar-refractivity contribution in [1.29, 1.82) is 0 Å². The second-order valence-corrected chi connectivity index (χ2v) is 7.59. The highest BCUT2D eigenvalue weighted by molar-refractivity contribution is 9.10. The van der Waals surface area contributed by atoms with Crippen molar-refractivity contribution in [3.63, 3.8) is 0 Å². The Morgan fingerprint density at radius 2 is 1.59 bits per heavy atom. The second-order valence-electron chi connectivity index (χ2n) is 6.73. The monoisotopic (exact) mass is 432 g/mol. The fourth-order valence-electron chi connectivity index (χ4n) is 3.25. The Kier molecular flexibility index (Phi) is 6.39. The van der Waals surface area contributed by atoms with Crippen LogP contribution in [-0.4, -0.2) is 56.1 Å². The van der Waals surface area contributed by atoms with Crippen LogP contribution in [0.4, 0.5) is 0 Å². The van der Waals surface area contributed by atoms with Crippen LogP contribution in [0, 0.1) is 6.92 Å². The third kappa shape index (κ3) is 4.62. The van der Waals surface area contributed by atoms with E-state index in [2.05, 4.69) is 20.8 Å². The molecule has 1 amide bonds. The Labute approximate surface area is 169 Å². The van der Waals surface area contributed by atoms with Gasteiger partial charge in [0.25, 0.3) is 5.91 Å². The number of hydrogen-bond donors (Lipinski definition) is 0. The SMILES string of the molecule is COc1cc(Br)c(CN2CCN(C(=O)c3ccc(C)cc3)CC2)cc1OC. The van der Waals surface area contributed by atoms with E-state index in [4.69, 9.17) is 9.47 Å². The van der Waals surface area contributed by atoms with Crippen LogP contribution < -0.4 is 9.47 Å². The van der Waals surface area contributed by atoms with Crippen LogP contribution in [0.25, 0.3) is 0 Å². The van der Waals surface area contributed by atoms with Gasteiger partial charge in [0.05, 0.1) is 14.2 Å². The normalized spacial score (nSPS) is 14.9. The van der Waals surface area contributed by atoms with Crippen molar-refractivity contribution in [2.24, 2.45) is 0 Å². The number of nitrogens with zero attached hydrogens (tertiary/aromatic N) is 2. The van der Waals surface area contributed by atoms with Crippen LogP contribution in [0.15, 0.2) is 40.9 Å². The lowest BCUT2D eigenvalue weighted by Gasteiger charge is -2.35. The summed E-state index contributed by atoms with van der Waals surface area (Å²) < 4.78 is 11.7. The smallest absolute Gasteiger partial charge is 0.253 e. The molecule has 5 nitrogen and oxygen atoms in total. The molecule has 0 atom stereocenters. The number of piperazine rings is 1. The van der Waals surface area contributed by atoms with Gasteiger partial charge in [-0.1, -0.05) is 33.6 Å². The Morgan fingerprint density at radius 1 is 1.00 bits per heavy atom. The number of ether oxygens (including phenoxy) is 2. The predicted octanol–water partition coefficient (Wildman–Crippen LogP) is 3.73. The zero-order chi connectivity index (χ0) is 19.4. The topological polar surface area (TPSA) is 42.0 Å². The zero-order valence-corrected chi connectivity index (χ0v) is 17.6. The minimum atomic E-state index is 0.113. The molecule has 0 aromatic heterocycles. The molecular weight excluding hydrogens is 408 g/mol. The van der Waals surface area contributed by atoms with Crippen molar-refractivity contribution in [2.45, 2.75) is 13.5 Å². The van der Waals surface area contributed by atoms with E-state index >= 15 is 0 Å². The molecule has 27 heavy (non-hydrogen) atoms. The first-order valence-corrected chi connectivity index (χ1v) is 9.80. The van der Waals surface area contributed by atoms with Crippen molar-refractivity contribution >= 4 is 21.8 Å². The van der Waals surface area contributed by atoms with E-state index in [9.17, 15) is 4.79 Å². The highest BCUT2D eigenvalue weighted by Crippen LogP contribution is 2.34. The highest BCUT2D eigenvalue weighted by Gasteiger charge is 2.23. The minimum Gasteiger partial charge on any atom is -0.493 e. The molecule has 0 spiro atoms. The second kappa shape index (κ2) is 8.76. The van der Waals surface area contributed by atoms with Crippen LogP contribution in [0.2, 0.25) is 0 Å². The summed E-state index contributed by atoms with van der Waals surface area (Å²) in [4.78, 5) is 16.9. The number of methoxy groups -OCH3 is 2. The maximum Gasteiger partial charge on any atom is 0.253 e. The lowest BCUT2D eigenvalue weighted by molar-refractivity contribution is 0.0628. The van der Waals surface area contributed by atoms with Crippen molar-refractivity contribution in [1.82, 2.24) is 9.80 Å². The van der Waals surface area contributed by atoms with Gasteiger partial charge in [0.2, 0.25) is 0 Å². The average molecular weight is 433 g/mol. The molecule has 3 rings (SSSR count). The van der Waals surface area contributed by atoms with Gasteiger partial charge in [0.15, 0.2) is 11.5 Å². The molecule has 6 heteroatoms. The number of benzene rings is 2. The number of hydrogen-bond acceptors (Lipinski definition) is 4. The van der Waals surface area contributed by atoms with Crippen molar-refractivity contribution < 1.29 is 14.3 Å². The van der Waals surface area contributed by atoms with Crippen LogP contribution in [0.5, 0.6) is 11.5 Å². The molecule has 144 valence electrons. The van der Waals surface area contributed by atoms with Crippen molar-refractivity contribution in [3.8, 4) is 11.5 Å². The molecule has 2 aromatic rings. The molecule has 1 aliphatic rings. The number of carbonyl (C=O) groups is 1. The lowest BCUT2D eigenvalue weighted by Crippen LogP contribution is -2.48. The summed E-state index contributed by atoms with van der Waals surface area (Å²) >= 11 is 3.62. The lowest BCUT2D eigenvalue weighted by atomic mass is 10.1. The Hall–Kier alpha value is -2.05. The van der Waals surface area contributed by atoms with Gasteiger partial charge in [0.1, 0.15) is 0 Å². The van der Waals surface area contributed by atoms with Crippen molar-refractivity contribution in [3.05, 3.63) is 57.6 Å². The first-order chi connectivity index (χ1) is 13.0. The van der Waals surface area contributed by atoms with Gasteiger partial charge in [-0.3, -0.25) is 9.69 Å². The number of rotatable bonds is 5. The number of carbonyl (C=O) groups excluding carboxylic acids is 1. The van der Waals surface area contributed by atoms with E-state index < -0.39 is 0 Å². The van der Waals surface area contributed by atoms with E-state index in [0.29, 0.717) is 5.75 Å². The van der Waals surface area contributed by atoms with Crippen molar-refractivity contribution in [2.75, 3.05) is 40.4 Å². The van der Waals surface area contributed by atoms with Gasteiger partial charge in [-0.15, -0.1) is 0 Å². The standard InChI is InChI=1S/C21H25BrN2O3/c1-15-4-6-16(7-5-15)21(25)24-10-8-23(9-11-24)14-17-12-19(26-2)20(27-3)13-18(17)22/h4-7,12-13H,8-11,14H2,1-3H3. The van der Waals surface area contributed by atoms with E-state index in [1.54, 1.807) is 14.2 Å². The molecule has 1 aliphatic heterocycles. The molecule has 1 saturated heterocycles.